The molecule has 0 atom stereocenters. The van der Waals surface area contributed by atoms with E-state index in [1.54, 1.807) is 42.5 Å². The number of para-hydroxylation sites is 2. The van der Waals surface area contributed by atoms with Gasteiger partial charge in [0, 0.05) is 6.42 Å². The maximum atomic E-state index is 13.8. The Morgan fingerprint density at radius 1 is 1.00 bits per heavy atom. The molecule has 0 aliphatic carbocycles. The second kappa shape index (κ2) is 7.55. The van der Waals surface area contributed by atoms with E-state index in [1.807, 2.05) is 0 Å². The summed E-state index contributed by atoms with van der Waals surface area (Å²) >= 11 is 1.14. The van der Waals surface area contributed by atoms with Crippen molar-refractivity contribution in [2.24, 2.45) is 0 Å². The number of benzene rings is 2. The smallest absolute Gasteiger partial charge is 0.320 e. The number of nitrogens with zero attached hydrogens (tertiary/aromatic N) is 5. The zero-order valence-corrected chi connectivity index (χ0v) is 15.3. The third kappa shape index (κ3) is 3.42. The van der Waals surface area contributed by atoms with Crippen LogP contribution in [0.3, 0.4) is 0 Å². The molecule has 0 fully saturated rings. The van der Waals surface area contributed by atoms with E-state index in [2.05, 4.69) is 15.2 Å². The molecule has 2 heterocycles. The van der Waals surface area contributed by atoms with Gasteiger partial charge in [-0.3, -0.25) is 4.57 Å². The van der Waals surface area contributed by atoms with Gasteiger partial charge in [0.05, 0.1) is 16.8 Å². The monoisotopic (exact) mass is 404 g/mol. The van der Waals surface area contributed by atoms with Crippen molar-refractivity contribution in [3.63, 3.8) is 0 Å². The molecule has 2 aromatic carbocycles. The molecule has 0 spiro atoms. The Balaban J connectivity index is 1.55. The highest BCUT2D eigenvalue weighted by atomic mass is 32.2. The molecule has 10 heteroatoms. The second-order valence-electron chi connectivity index (χ2n) is 5.99. The van der Waals surface area contributed by atoms with Crippen molar-refractivity contribution in [2.45, 2.75) is 23.9 Å². The lowest BCUT2D eigenvalue weighted by Gasteiger charge is -2.07. The van der Waals surface area contributed by atoms with Gasteiger partial charge in [-0.1, -0.05) is 42.1 Å². The number of hydrogen-bond acceptors (Lipinski definition) is 5. The van der Waals surface area contributed by atoms with Crippen LogP contribution in [0.4, 0.5) is 13.2 Å². The van der Waals surface area contributed by atoms with Crippen molar-refractivity contribution < 1.29 is 13.2 Å². The van der Waals surface area contributed by atoms with E-state index >= 15 is 0 Å². The summed E-state index contributed by atoms with van der Waals surface area (Å²) in [5, 5.41) is 8.31. The Bertz CT molecular complexity index is 1120. The number of nitrogen functional groups attached to an aromatic ring is 1. The lowest BCUT2D eigenvalue weighted by Crippen LogP contribution is -2.15. The molecule has 0 amide bonds. The third-order valence-corrected chi connectivity index (χ3v) is 5.18. The predicted molar refractivity (Wildman–Crippen MR) is 99.9 cm³/mol. The Hall–Kier alpha value is -3.01. The largest absolute Gasteiger partial charge is 0.336 e. The van der Waals surface area contributed by atoms with Crippen molar-refractivity contribution in [1.82, 2.24) is 24.4 Å². The predicted octanol–water partition coefficient (Wildman–Crippen LogP) is 3.76. The first-order valence-electron chi connectivity index (χ1n) is 8.34. The summed E-state index contributed by atoms with van der Waals surface area (Å²) in [6.07, 6.45) is 0.173. The molecule has 4 aromatic rings. The first-order valence-corrected chi connectivity index (χ1v) is 9.32. The Kier molecular flexibility index (Phi) is 4.95. The minimum absolute atomic E-state index is 0.133. The summed E-state index contributed by atoms with van der Waals surface area (Å²) in [4.78, 5) is 4.28. The molecule has 6 nitrogen and oxygen atoms in total. The summed E-state index contributed by atoms with van der Waals surface area (Å²) in [5.74, 6) is 6.37. The van der Waals surface area contributed by atoms with Crippen LogP contribution in [0.1, 0.15) is 23.8 Å². The molecule has 4 rings (SSSR count). The summed E-state index contributed by atoms with van der Waals surface area (Å²) in [6, 6.07) is 13.0. The summed E-state index contributed by atoms with van der Waals surface area (Å²) in [7, 11) is 0. The fraction of sp³-hybridized carbons (Fsp3) is 0.167. The van der Waals surface area contributed by atoms with Crippen LogP contribution >= 0.6 is 11.8 Å². The molecule has 0 bridgehead atoms. The standard InChI is InChI=1S/C18H15F3N6S/c19-12-6-2-1-5-11(12)9-15-24-25-18(27(15)22)28-10-16-23-13-7-3-4-8-14(13)26(16)17(20)21/h1-8,17H,9-10,22H2. The van der Waals surface area contributed by atoms with Gasteiger partial charge >= 0.3 is 6.55 Å². The Morgan fingerprint density at radius 2 is 1.75 bits per heavy atom. The highest BCUT2D eigenvalue weighted by Gasteiger charge is 2.19. The van der Waals surface area contributed by atoms with Gasteiger partial charge < -0.3 is 5.84 Å². The number of halogens is 3. The number of nitrogens with two attached hydrogens (primary N) is 1. The topological polar surface area (TPSA) is 74.6 Å². The minimum atomic E-state index is -2.71. The molecule has 2 N–H and O–H groups in total. The molecule has 0 unspecified atom stereocenters. The van der Waals surface area contributed by atoms with Gasteiger partial charge in [-0.25, -0.2) is 14.1 Å². The van der Waals surface area contributed by atoms with Crippen molar-refractivity contribution >= 4 is 22.8 Å². The lowest BCUT2D eigenvalue weighted by atomic mass is 10.1. The maximum Gasteiger partial charge on any atom is 0.320 e. The van der Waals surface area contributed by atoms with Gasteiger partial charge in [0.2, 0.25) is 5.16 Å². The Labute approximate surface area is 162 Å². The number of fused-ring (bicyclic) bond motifs is 1. The Morgan fingerprint density at radius 3 is 2.54 bits per heavy atom. The fourth-order valence-electron chi connectivity index (χ4n) is 2.88. The summed E-state index contributed by atoms with van der Waals surface area (Å²) in [5.41, 5.74) is 1.30. The van der Waals surface area contributed by atoms with E-state index in [4.69, 9.17) is 5.84 Å². The third-order valence-electron chi connectivity index (χ3n) is 4.24. The van der Waals surface area contributed by atoms with Crippen LogP contribution in [-0.4, -0.2) is 24.4 Å². The molecule has 0 radical (unpaired) electrons. The first-order chi connectivity index (χ1) is 13.5. The van der Waals surface area contributed by atoms with Crippen LogP contribution in [0.25, 0.3) is 11.0 Å². The van der Waals surface area contributed by atoms with Crippen LogP contribution < -0.4 is 5.84 Å². The van der Waals surface area contributed by atoms with E-state index in [9.17, 15) is 13.2 Å². The molecular weight excluding hydrogens is 389 g/mol. The summed E-state index contributed by atoms with van der Waals surface area (Å²) in [6.45, 7) is -2.71. The van der Waals surface area contributed by atoms with Gasteiger partial charge in [0.25, 0.3) is 0 Å². The van der Waals surface area contributed by atoms with Gasteiger partial charge in [-0.15, -0.1) is 10.2 Å². The average molecular weight is 404 g/mol. The number of alkyl halides is 2. The summed E-state index contributed by atoms with van der Waals surface area (Å²) < 4.78 is 43.0. The average Bonchev–Trinajstić information content (AvgIpc) is 3.22. The van der Waals surface area contributed by atoms with Crippen molar-refractivity contribution in [3.8, 4) is 0 Å². The quantitative estimate of drug-likeness (QED) is 0.391. The van der Waals surface area contributed by atoms with Crippen molar-refractivity contribution in [2.75, 3.05) is 5.84 Å². The lowest BCUT2D eigenvalue weighted by molar-refractivity contribution is 0.0722. The normalized spacial score (nSPS) is 11.6. The van der Waals surface area contributed by atoms with Crippen LogP contribution in [0.2, 0.25) is 0 Å². The van der Waals surface area contributed by atoms with Crippen LogP contribution in [-0.2, 0) is 12.2 Å². The highest BCUT2D eigenvalue weighted by molar-refractivity contribution is 7.98. The zero-order valence-electron chi connectivity index (χ0n) is 14.5. The van der Waals surface area contributed by atoms with E-state index in [-0.39, 0.29) is 23.8 Å². The molecule has 0 saturated carbocycles. The van der Waals surface area contributed by atoms with Gasteiger partial charge in [-0.05, 0) is 23.8 Å². The maximum absolute atomic E-state index is 13.8. The minimum Gasteiger partial charge on any atom is -0.336 e. The number of imidazole rings is 1. The van der Waals surface area contributed by atoms with Crippen LogP contribution in [0, 0.1) is 5.82 Å². The van der Waals surface area contributed by atoms with E-state index < -0.39 is 6.55 Å². The van der Waals surface area contributed by atoms with Gasteiger partial charge in [0.15, 0.2) is 5.82 Å². The molecule has 144 valence electrons. The SMILES string of the molecule is Nn1c(Cc2ccccc2F)nnc1SCc1nc2ccccc2n1C(F)F. The number of hydrogen-bond donors (Lipinski definition) is 1. The van der Waals surface area contributed by atoms with Crippen molar-refractivity contribution in [3.05, 3.63) is 71.6 Å². The van der Waals surface area contributed by atoms with Crippen LogP contribution in [0.15, 0.2) is 53.7 Å². The molecule has 0 saturated heterocycles. The number of aromatic nitrogens is 5. The number of rotatable bonds is 6. The van der Waals surface area contributed by atoms with Gasteiger partial charge in [-0.2, -0.15) is 8.78 Å². The highest BCUT2D eigenvalue weighted by Crippen LogP contribution is 2.28. The fourth-order valence-corrected chi connectivity index (χ4v) is 3.69. The molecule has 0 aliphatic heterocycles. The second-order valence-corrected chi connectivity index (χ2v) is 6.93. The van der Waals surface area contributed by atoms with Gasteiger partial charge in [0.1, 0.15) is 11.6 Å². The molecular formula is C18H15F3N6S. The zero-order chi connectivity index (χ0) is 19.7. The van der Waals surface area contributed by atoms with E-state index in [1.165, 1.54) is 10.7 Å². The molecule has 28 heavy (non-hydrogen) atoms. The van der Waals surface area contributed by atoms with E-state index in [0.717, 1.165) is 16.3 Å². The molecule has 2 aromatic heterocycles. The van der Waals surface area contributed by atoms with Crippen molar-refractivity contribution in [1.29, 1.82) is 0 Å². The van der Waals surface area contributed by atoms with Crippen LogP contribution in [0.5, 0.6) is 0 Å². The van der Waals surface area contributed by atoms with E-state index in [0.29, 0.717) is 27.6 Å². The molecule has 0 aliphatic rings. The number of thioether (sulfide) groups is 1. The first kappa shape index (κ1) is 18.4.